The van der Waals surface area contributed by atoms with Gasteiger partial charge in [0, 0.05) is 16.2 Å². The molecule has 0 saturated heterocycles. The van der Waals surface area contributed by atoms with Gasteiger partial charge in [0.1, 0.15) is 0 Å². The molecule has 0 radical (unpaired) electrons. The van der Waals surface area contributed by atoms with Gasteiger partial charge in [-0.1, -0.05) is 84.9 Å². The molecular weight excluding hydrogens is 361 g/mol. The van der Waals surface area contributed by atoms with Crippen molar-refractivity contribution in [3.63, 3.8) is 0 Å². The van der Waals surface area contributed by atoms with Gasteiger partial charge in [-0.05, 0) is 35.4 Å². The molecule has 1 unspecified atom stereocenters. The zero-order chi connectivity index (χ0) is 19.0. The van der Waals surface area contributed by atoms with Gasteiger partial charge in [0.25, 0.3) is 0 Å². The first kappa shape index (κ1) is 17.0. The predicted molar refractivity (Wildman–Crippen MR) is 118 cm³/mol. The fraction of sp³-hybridized carbons (Fsp3) is 0.0400. The normalized spacial score (nSPS) is 17.6. The smallest absolute Gasteiger partial charge is 0.230 e. The van der Waals surface area contributed by atoms with Gasteiger partial charge in [-0.3, -0.25) is 4.57 Å². The van der Waals surface area contributed by atoms with Crippen LogP contribution >= 0.6 is 7.29 Å². The molecular formula is C25H20NOP. The highest BCUT2D eigenvalue weighted by molar-refractivity contribution is 7.80. The van der Waals surface area contributed by atoms with Crippen molar-refractivity contribution in [2.24, 2.45) is 0 Å². The Labute approximate surface area is 165 Å². The van der Waals surface area contributed by atoms with E-state index in [0.29, 0.717) is 6.54 Å². The van der Waals surface area contributed by atoms with Crippen LogP contribution in [0.4, 0.5) is 5.69 Å². The molecule has 0 amide bonds. The maximum Gasteiger partial charge on any atom is 0.230 e. The number of para-hydroxylation sites is 1. The number of benzene rings is 4. The zero-order valence-electron chi connectivity index (χ0n) is 15.4. The second-order valence-electron chi connectivity index (χ2n) is 6.99. The molecule has 4 aromatic carbocycles. The van der Waals surface area contributed by atoms with Crippen LogP contribution in [0.2, 0.25) is 0 Å². The average molecular weight is 381 g/mol. The molecule has 1 aliphatic rings. The Morgan fingerprint density at radius 1 is 0.607 bits per heavy atom. The van der Waals surface area contributed by atoms with Crippen LogP contribution in [0.1, 0.15) is 5.56 Å². The summed E-state index contributed by atoms with van der Waals surface area (Å²) in [5, 5.41) is 1.78. The summed E-state index contributed by atoms with van der Waals surface area (Å²) >= 11 is 0. The second kappa shape index (κ2) is 6.82. The fourth-order valence-corrected chi connectivity index (χ4v) is 7.07. The van der Waals surface area contributed by atoms with Crippen LogP contribution < -0.4 is 15.3 Å². The summed E-state index contributed by atoms with van der Waals surface area (Å²) in [6, 6.07) is 36.6. The lowest BCUT2D eigenvalue weighted by molar-refractivity contribution is 0.583. The Balaban J connectivity index is 1.80. The first-order chi connectivity index (χ1) is 13.8. The average Bonchev–Trinajstić information content (AvgIpc) is 2.78. The number of rotatable bonds is 3. The highest BCUT2D eigenvalue weighted by Crippen LogP contribution is 2.58. The van der Waals surface area contributed by atoms with Crippen molar-refractivity contribution in [3.05, 3.63) is 115 Å². The Kier molecular flexibility index (Phi) is 4.15. The summed E-state index contributed by atoms with van der Waals surface area (Å²) in [4.78, 5) is 0. The first-order valence-corrected chi connectivity index (χ1v) is 11.1. The molecule has 0 fully saturated rings. The molecule has 136 valence electrons. The van der Waals surface area contributed by atoms with Crippen molar-refractivity contribution in [2.45, 2.75) is 6.54 Å². The van der Waals surface area contributed by atoms with E-state index in [1.807, 2.05) is 72.8 Å². The molecule has 2 nitrogen and oxygen atoms in total. The quantitative estimate of drug-likeness (QED) is 0.430. The number of hydrogen-bond acceptors (Lipinski definition) is 1. The van der Waals surface area contributed by atoms with Crippen LogP contribution in [0.3, 0.4) is 0 Å². The summed E-state index contributed by atoms with van der Waals surface area (Å²) in [5.74, 6) is 0. The minimum Gasteiger partial charge on any atom is -0.311 e. The van der Waals surface area contributed by atoms with E-state index in [1.165, 1.54) is 0 Å². The number of fused-ring (bicyclic) bond motifs is 3. The highest BCUT2D eigenvalue weighted by Gasteiger charge is 2.41. The van der Waals surface area contributed by atoms with Crippen LogP contribution in [-0.2, 0) is 11.1 Å². The van der Waals surface area contributed by atoms with Crippen LogP contribution in [0, 0.1) is 0 Å². The van der Waals surface area contributed by atoms with E-state index in [1.54, 1.807) is 0 Å². The van der Waals surface area contributed by atoms with Crippen molar-refractivity contribution < 1.29 is 4.57 Å². The Hall–Kier alpha value is -3.09. The van der Waals surface area contributed by atoms with Gasteiger partial charge in [-0.2, -0.15) is 0 Å². The molecule has 3 heteroatoms. The van der Waals surface area contributed by atoms with Crippen LogP contribution in [0.5, 0.6) is 0 Å². The number of hydrogen-bond donors (Lipinski definition) is 0. The van der Waals surface area contributed by atoms with E-state index in [4.69, 9.17) is 0 Å². The standard InChI is InChI=1S/C25H20NOP/c27-28(21-13-5-2-6-14-21)25-18-10-8-16-23(25)22-15-7-9-17-24(22)26(28)19-20-11-3-1-4-12-20/h1-18H,19H2. The molecule has 0 N–H and O–H groups in total. The second-order valence-corrected chi connectivity index (χ2v) is 9.62. The van der Waals surface area contributed by atoms with Gasteiger partial charge < -0.3 is 4.67 Å². The fourth-order valence-electron chi connectivity index (χ4n) is 4.02. The zero-order valence-corrected chi connectivity index (χ0v) is 16.3. The molecule has 4 aromatic rings. The Bertz CT molecular complexity index is 1170. The van der Waals surface area contributed by atoms with Crippen molar-refractivity contribution >= 4 is 23.6 Å². The van der Waals surface area contributed by atoms with E-state index in [0.717, 1.165) is 33.0 Å². The van der Waals surface area contributed by atoms with Crippen molar-refractivity contribution in [1.82, 2.24) is 0 Å². The first-order valence-electron chi connectivity index (χ1n) is 9.45. The van der Waals surface area contributed by atoms with E-state index < -0.39 is 7.29 Å². The predicted octanol–water partition coefficient (Wildman–Crippen LogP) is 5.60. The summed E-state index contributed by atoms with van der Waals surface area (Å²) < 4.78 is 17.0. The largest absolute Gasteiger partial charge is 0.311 e. The third-order valence-corrected chi connectivity index (χ3v) is 8.40. The summed E-state index contributed by atoms with van der Waals surface area (Å²) in [6.45, 7) is 0.596. The molecule has 0 aliphatic carbocycles. The van der Waals surface area contributed by atoms with Crippen molar-refractivity contribution in [3.8, 4) is 11.1 Å². The topological polar surface area (TPSA) is 20.3 Å². The van der Waals surface area contributed by atoms with Crippen LogP contribution in [0.15, 0.2) is 109 Å². The maximum absolute atomic E-state index is 14.9. The van der Waals surface area contributed by atoms with Crippen LogP contribution in [0.25, 0.3) is 11.1 Å². The van der Waals surface area contributed by atoms with Gasteiger partial charge in [0.15, 0.2) is 0 Å². The molecule has 0 aromatic heterocycles. The van der Waals surface area contributed by atoms with E-state index in [2.05, 4.69) is 41.1 Å². The lowest BCUT2D eigenvalue weighted by Crippen LogP contribution is -2.36. The Morgan fingerprint density at radius 3 is 1.93 bits per heavy atom. The highest BCUT2D eigenvalue weighted by atomic mass is 31.2. The van der Waals surface area contributed by atoms with Gasteiger partial charge in [-0.25, -0.2) is 0 Å². The van der Waals surface area contributed by atoms with E-state index in [-0.39, 0.29) is 0 Å². The molecule has 5 rings (SSSR count). The molecule has 1 aliphatic heterocycles. The lowest BCUT2D eigenvalue weighted by atomic mass is 10.0. The third-order valence-electron chi connectivity index (χ3n) is 5.32. The van der Waals surface area contributed by atoms with Crippen molar-refractivity contribution in [1.29, 1.82) is 0 Å². The summed E-state index contributed by atoms with van der Waals surface area (Å²) in [7, 11) is -3.03. The Morgan fingerprint density at radius 2 is 1.18 bits per heavy atom. The minimum absolute atomic E-state index is 0.596. The van der Waals surface area contributed by atoms with E-state index >= 15 is 0 Å². The molecule has 1 atom stereocenters. The minimum atomic E-state index is -3.03. The van der Waals surface area contributed by atoms with Gasteiger partial charge in [0.2, 0.25) is 7.29 Å². The SMILES string of the molecule is O=P1(c2ccccc2)c2ccccc2-c2ccccc2N1Cc1ccccc1. The van der Waals surface area contributed by atoms with Gasteiger partial charge >= 0.3 is 0 Å². The number of anilines is 1. The molecule has 0 bridgehead atoms. The molecule has 1 heterocycles. The summed E-state index contributed by atoms with van der Waals surface area (Å²) in [6.07, 6.45) is 0. The molecule has 0 saturated carbocycles. The molecule has 28 heavy (non-hydrogen) atoms. The monoisotopic (exact) mass is 381 g/mol. The summed E-state index contributed by atoms with van der Waals surface area (Å²) in [5.41, 5.74) is 4.37. The van der Waals surface area contributed by atoms with Crippen molar-refractivity contribution in [2.75, 3.05) is 4.67 Å². The third kappa shape index (κ3) is 2.61. The van der Waals surface area contributed by atoms with Gasteiger partial charge in [0.05, 0.1) is 12.2 Å². The van der Waals surface area contributed by atoms with Crippen LogP contribution in [-0.4, -0.2) is 0 Å². The maximum atomic E-state index is 14.9. The lowest BCUT2D eigenvalue weighted by Gasteiger charge is -2.40. The molecule has 0 spiro atoms. The number of nitrogens with zero attached hydrogens (tertiary/aromatic N) is 1. The van der Waals surface area contributed by atoms with E-state index in [9.17, 15) is 4.57 Å². The van der Waals surface area contributed by atoms with Gasteiger partial charge in [-0.15, -0.1) is 0 Å².